The van der Waals surface area contributed by atoms with Crippen LogP contribution in [0.25, 0.3) is 0 Å². The lowest BCUT2D eigenvalue weighted by Gasteiger charge is -2.03. The van der Waals surface area contributed by atoms with Crippen molar-refractivity contribution in [1.82, 2.24) is 0 Å². The van der Waals surface area contributed by atoms with Crippen molar-refractivity contribution in [3.05, 3.63) is 24.8 Å². The lowest BCUT2D eigenvalue weighted by Crippen LogP contribution is -2.01. The largest absolute Gasteiger partial charge is 0.478 e. The van der Waals surface area contributed by atoms with E-state index in [1.165, 1.54) is 102 Å². The normalized spacial score (nSPS) is 10.2. The smallest absolute Gasteiger partial charge is 0.330 e. The fourth-order valence-corrected chi connectivity index (χ4v) is 3.58. The number of unbranched alkanes of at least 4 members (excludes halogenated alkanes) is 17. The molecule has 0 heterocycles. The Labute approximate surface area is 205 Å². The van der Waals surface area contributed by atoms with Gasteiger partial charge >= 0.3 is 11.9 Å². The van der Waals surface area contributed by atoms with Crippen molar-refractivity contribution >= 4 is 11.9 Å². The Kier molecular flexibility index (Phi) is 29.0. The molecule has 194 valence electrons. The number of hydrogen-bond acceptors (Lipinski definition) is 3. The molecule has 0 atom stereocenters. The standard InChI is InChI=1S/C17H32O2.C12H22O2/c1-3-4-5-6-7-8-9-10-11-12-13-14-15-16(2)17(18)19;1-3-5-6-7-8-9-10-11-14-12(13)4-2/h2-15H2,1H3,(H,18,19);4H,2-3,5-11H2,1H3. The van der Waals surface area contributed by atoms with Crippen LogP contribution in [0, 0.1) is 0 Å². The van der Waals surface area contributed by atoms with Crippen LogP contribution in [0.4, 0.5) is 0 Å². The molecule has 0 amide bonds. The minimum atomic E-state index is -0.844. The second-order valence-corrected chi connectivity index (χ2v) is 9.04. The Hall–Kier alpha value is -1.58. The minimum absolute atomic E-state index is 0.309. The molecule has 0 radical (unpaired) electrons. The first-order valence-corrected chi connectivity index (χ1v) is 13.7. The molecule has 33 heavy (non-hydrogen) atoms. The van der Waals surface area contributed by atoms with Gasteiger partial charge in [-0.3, -0.25) is 0 Å². The predicted molar refractivity (Wildman–Crippen MR) is 142 cm³/mol. The highest BCUT2D eigenvalue weighted by molar-refractivity contribution is 5.85. The van der Waals surface area contributed by atoms with Crippen molar-refractivity contribution in [2.75, 3.05) is 6.61 Å². The number of carbonyl (C=O) groups is 2. The first-order chi connectivity index (χ1) is 16.0. The summed E-state index contributed by atoms with van der Waals surface area (Å²) < 4.78 is 4.86. The average molecular weight is 467 g/mol. The van der Waals surface area contributed by atoms with E-state index in [0.717, 1.165) is 25.7 Å². The van der Waals surface area contributed by atoms with Crippen molar-refractivity contribution in [2.24, 2.45) is 0 Å². The van der Waals surface area contributed by atoms with Gasteiger partial charge in [0.1, 0.15) is 0 Å². The highest BCUT2D eigenvalue weighted by Crippen LogP contribution is 2.13. The number of hydrogen-bond donors (Lipinski definition) is 1. The van der Waals surface area contributed by atoms with E-state index >= 15 is 0 Å². The zero-order valence-corrected chi connectivity index (χ0v) is 22.0. The SMILES string of the molecule is C=C(CCCCCCCCCCCCCC)C(=O)O.C=CC(=O)OCCCCCCCCC. The van der Waals surface area contributed by atoms with Crippen molar-refractivity contribution in [1.29, 1.82) is 0 Å². The van der Waals surface area contributed by atoms with Gasteiger partial charge in [-0.15, -0.1) is 0 Å². The van der Waals surface area contributed by atoms with Gasteiger partial charge in [0.15, 0.2) is 0 Å². The lowest BCUT2D eigenvalue weighted by molar-refractivity contribution is -0.138. The summed E-state index contributed by atoms with van der Waals surface area (Å²) in [6, 6.07) is 0. The summed E-state index contributed by atoms with van der Waals surface area (Å²) in [6.07, 6.45) is 26.2. The number of ether oxygens (including phenoxy) is 1. The highest BCUT2D eigenvalue weighted by Gasteiger charge is 2.02. The quantitative estimate of drug-likeness (QED) is 0.0925. The summed E-state index contributed by atoms with van der Waals surface area (Å²) in [5, 5.41) is 8.66. The second kappa shape index (κ2) is 28.5. The Morgan fingerprint density at radius 2 is 1.03 bits per heavy atom. The fourth-order valence-electron chi connectivity index (χ4n) is 3.58. The highest BCUT2D eigenvalue weighted by atomic mass is 16.5. The summed E-state index contributed by atoms with van der Waals surface area (Å²) in [7, 11) is 0. The third-order valence-electron chi connectivity index (χ3n) is 5.79. The third kappa shape index (κ3) is 30.4. The maximum absolute atomic E-state index is 10.6. The van der Waals surface area contributed by atoms with E-state index in [1.807, 2.05) is 0 Å². The zero-order chi connectivity index (χ0) is 25.0. The fraction of sp³-hybridized carbons (Fsp3) is 0.793. The van der Waals surface area contributed by atoms with Crippen LogP contribution in [-0.2, 0) is 14.3 Å². The number of rotatable bonds is 23. The third-order valence-corrected chi connectivity index (χ3v) is 5.79. The molecule has 0 aliphatic heterocycles. The molecule has 0 aromatic heterocycles. The summed E-state index contributed by atoms with van der Waals surface area (Å²) in [4.78, 5) is 21.2. The minimum Gasteiger partial charge on any atom is -0.478 e. The van der Waals surface area contributed by atoms with Crippen LogP contribution < -0.4 is 0 Å². The van der Waals surface area contributed by atoms with Crippen LogP contribution in [-0.4, -0.2) is 23.7 Å². The molecule has 4 nitrogen and oxygen atoms in total. The van der Waals surface area contributed by atoms with Crippen LogP contribution in [0.1, 0.15) is 142 Å². The van der Waals surface area contributed by atoms with Gasteiger partial charge in [0, 0.05) is 11.6 Å². The van der Waals surface area contributed by atoms with Crippen molar-refractivity contribution in [2.45, 2.75) is 142 Å². The Balaban J connectivity index is 0. The molecule has 0 bridgehead atoms. The van der Waals surface area contributed by atoms with Gasteiger partial charge in [-0.2, -0.15) is 0 Å². The van der Waals surface area contributed by atoms with Gasteiger partial charge in [0.05, 0.1) is 6.61 Å². The average Bonchev–Trinajstić information content (AvgIpc) is 2.81. The van der Waals surface area contributed by atoms with E-state index in [9.17, 15) is 9.59 Å². The first-order valence-electron chi connectivity index (χ1n) is 13.7. The van der Waals surface area contributed by atoms with E-state index in [4.69, 9.17) is 9.84 Å². The molecule has 0 saturated heterocycles. The van der Waals surface area contributed by atoms with E-state index in [2.05, 4.69) is 27.0 Å². The van der Waals surface area contributed by atoms with Gasteiger partial charge < -0.3 is 9.84 Å². The molecule has 0 aromatic carbocycles. The molecule has 0 aliphatic rings. The van der Waals surface area contributed by atoms with E-state index in [-0.39, 0.29) is 5.97 Å². The molecular weight excluding hydrogens is 412 g/mol. The number of carboxylic acids is 1. The summed E-state index contributed by atoms with van der Waals surface area (Å²) >= 11 is 0. The summed E-state index contributed by atoms with van der Waals surface area (Å²) in [5.74, 6) is -1.15. The Morgan fingerprint density at radius 1 is 0.667 bits per heavy atom. The van der Waals surface area contributed by atoms with Gasteiger partial charge in [-0.05, 0) is 19.3 Å². The van der Waals surface area contributed by atoms with Gasteiger partial charge in [-0.25, -0.2) is 9.59 Å². The molecule has 0 fully saturated rings. The van der Waals surface area contributed by atoms with Crippen LogP contribution in [0.2, 0.25) is 0 Å². The van der Waals surface area contributed by atoms with E-state index in [0.29, 0.717) is 18.6 Å². The molecule has 0 unspecified atom stereocenters. The van der Waals surface area contributed by atoms with Crippen molar-refractivity contribution in [3.63, 3.8) is 0 Å². The molecule has 0 aliphatic carbocycles. The second-order valence-electron chi connectivity index (χ2n) is 9.04. The molecule has 0 aromatic rings. The van der Waals surface area contributed by atoms with Gasteiger partial charge in [0.2, 0.25) is 0 Å². The topological polar surface area (TPSA) is 63.6 Å². The summed E-state index contributed by atoms with van der Waals surface area (Å²) in [6.45, 7) is 11.9. The number of aliphatic carboxylic acids is 1. The van der Waals surface area contributed by atoms with Crippen molar-refractivity contribution in [3.8, 4) is 0 Å². The number of carboxylic acid groups (broad SMARTS) is 1. The molecule has 0 saturated carbocycles. The Morgan fingerprint density at radius 3 is 1.39 bits per heavy atom. The molecule has 4 heteroatoms. The van der Waals surface area contributed by atoms with Gasteiger partial charge in [-0.1, -0.05) is 136 Å². The molecular formula is C29H54O4. The van der Waals surface area contributed by atoms with Crippen LogP contribution in [0.5, 0.6) is 0 Å². The van der Waals surface area contributed by atoms with E-state index in [1.54, 1.807) is 0 Å². The predicted octanol–water partition coefficient (Wildman–Crippen LogP) is 9.18. The van der Waals surface area contributed by atoms with Crippen LogP contribution in [0.3, 0.4) is 0 Å². The lowest BCUT2D eigenvalue weighted by atomic mass is 10.0. The molecule has 0 spiro atoms. The van der Waals surface area contributed by atoms with E-state index < -0.39 is 5.97 Å². The van der Waals surface area contributed by atoms with Crippen LogP contribution in [0.15, 0.2) is 24.8 Å². The number of carbonyl (C=O) groups excluding carboxylic acids is 1. The maximum Gasteiger partial charge on any atom is 0.330 e. The summed E-state index contributed by atoms with van der Waals surface area (Å²) in [5.41, 5.74) is 0.354. The Bertz CT molecular complexity index is 470. The molecule has 1 N–H and O–H groups in total. The van der Waals surface area contributed by atoms with Crippen LogP contribution >= 0.6 is 0 Å². The zero-order valence-electron chi connectivity index (χ0n) is 22.0. The monoisotopic (exact) mass is 466 g/mol. The first kappa shape index (κ1) is 33.6. The molecule has 0 rings (SSSR count). The number of esters is 1. The van der Waals surface area contributed by atoms with Gasteiger partial charge in [0.25, 0.3) is 0 Å². The maximum atomic E-state index is 10.6. The van der Waals surface area contributed by atoms with Crippen molar-refractivity contribution < 1.29 is 19.4 Å².